The van der Waals surface area contributed by atoms with E-state index < -0.39 is 21.5 Å². The number of benzene rings is 1. The predicted octanol–water partition coefficient (Wildman–Crippen LogP) is -0.192. The molecular formula is C11H16N2O4S. The van der Waals surface area contributed by atoms with E-state index in [1.807, 2.05) is 0 Å². The summed E-state index contributed by atoms with van der Waals surface area (Å²) in [7, 11) is -3.28. The molecule has 0 saturated carbocycles. The average Bonchev–Trinajstić information content (AvgIpc) is 2.24. The molecule has 3 N–H and O–H groups in total. The van der Waals surface area contributed by atoms with Gasteiger partial charge in [0.25, 0.3) is 0 Å². The Morgan fingerprint density at radius 2 is 1.94 bits per heavy atom. The molecule has 0 aliphatic carbocycles. The molecule has 0 atom stereocenters. The molecule has 0 fully saturated rings. The summed E-state index contributed by atoms with van der Waals surface area (Å²) in [5, 5.41) is 2.45. The van der Waals surface area contributed by atoms with Crippen LogP contribution in [0.1, 0.15) is 0 Å². The van der Waals surface area contributed by atoms with Gasteiger partial charge in [-0.3, -0.25) is 4.79 Å². The van der Waals surface area contributed by atoms with Crippen molar-refractivity contribution in [3.8, 4) is 5.75 Å². The van der Waals surface area contributed by atoms with Gasteiger partial charge in [0.2, 0.25) is 5.91 Å². The highest BCUT2D eigenvalue weighted by atomic mass is 32.2. The number of carbonyl (C=O) groups is 1. The van der Waals surface area contributed by atoms with Gasteiger partial charge in [0.15, 0.2) is 9.84 Å². The van der Waals surface area contributed by atoms with E-state index in [0.717, 1.165) is 6.26 Å². The number of nitrogens with one attached hydrogen (secondary N) is 1. The number of carbonyl (C=O) groups excluding carboxylic acids is 1. The zero-order valence-corrected chi connectivity index (χ0v) is 10.9. The standard InChI is InChI=1S/C11H16N2O4S/c1-18(15,16)8-11(14)13-6-7-17-10-4-2-9(12)3-5-10/h2-5H,6-8,12H2,1H3,(H,13,14). The molecule has 7 heteroatoms. The number of nitrogens with two attached hydrogens (primary N) is 1. The second kappa shape index (κ2) is 6.25. The molecule has 0 radical (unpaired) electrons. The van der Waals surface area contributed by atoms with Crippen LogP contribution in [0.4, 0.5) is 5.69 Å². The van der Waals surface area contributed by atoms with Crippen LogP contribution in [-0.2, 0) is 14.6 Å². The van der Waals surface area contributed by atoms with Crippen LogP contribution in [0.5, 0.6) is 5.75 Å². The minimum atomic E-state index is -3.28. The van der Waals surface area contributed by atoms with Crippen molar-refractivity contribution in [2.45, 2.75) is 0 Å². The Balaban J connectivity index is 2.23. The van der Waals surface area contributed by atoms with Crippen molar-refractivity contribution in [2.24, 2.45) is 0 Å². The van der Waals surface area contributed by atoms with Gasteiger partial charge < -0.3 is 15.8 Å². The van der Waals surface area contributed by atoms with E-state index in [0.29, 0.717) is 11.4 Å². The Kier molecular flexibility index (Phi) is 4.96. The van der Waals surface area contributed by atoms with Crippen molar-refractivity contribution in [3.05, 3.63) is 24.3 Å². The Hall–Kier alpha value is -1.76. The SMILES string of the molecule is CS(=O)(=O)CC(=O)NCCOc1ccc(N)cc1. The van der Waals surface area contributed by atoms with Gasteiger partial charge >= 0.3 is 0 Å². The summed E-state index contributed by atoms with van der Waals surface area (Å²) in [6, 6.07) is 6.84. The number of sulfone groups is 1. The molecule has 1 aromatic rings. The molecular weight excluding hydrogens is 256 g/mol. The number of nitrogen functional groups attached to an aromatic ring is 1. The molecule has 0 aliphatic heterocycles. The van der Waals surface area contributed by atoms with Gasteiger partial charge in [-0.15, -0.1) is 0 Å². The molecule has 6 nitrogen and oxygen atoms in total. The van der Waals surface area contributed by atoms with Crippen molar-refractivity contribution in [2.75, 3.05) is 30.9 Å². The Bertz CT molecular complexity index is 496. The molecule has 1 rings (SSSR count). The van der Waals surface area contributed by atoms with E-state index in [1.165, 1.54) is 0 Å². The van der Waals surface area contributed by atoms with E-state index in [9.17, 15) is 13.2 Å². The van der Waals surface area contributed by atoms with E-state index in [1.54, 1.807) is 24.3 Å². The van der Waals surface area contributed by atoms with Crippen molar-refractivity contribution in [1.82, 2.24) is 5.32 Å². The maximum absolute atomic E-state index is 11.2. The van der Waals surface area contributed by atoms with Gasteiger partial charge in [0, 0.05) is 11.9 Å². The predicted molar refractivity (Wildman–Crippen MR) is 69.1 cm³/mol. The van der Waals surface area contributed by atoms with Crippen molar-refractivity contribution in [3.63, 3.8) is 0 Å². The van der Waals surface area contributed by atoms with Crippen LogP contribution in [0.3, 0.4) is 0 Å². The quantitative estimate of drug-likeness (QED) is 0.552. The highest BCUT2D eigenvalue weighted by Crippen LogP contribution is 2.12. The van der Waals surface area contributed by atoms with E-state index >= 15 is 0 Å². The monoisotopic (exact) mass is 272 g/mol. The molecule has 1 amide bonds. The van der Waals surface area contributed by atoms with Gasteiger partial charge in [-0.1, -0.05) is 0 Å². The lowest BCUT2D eigenvalue weighted by Gasteiger charge is -2.07. The first-order valence-electron chi connectivity index (χ1n) is 5.29. The minimum absolute atomic E-state index is 0.249. The van der Waals surface area contributed by atoms with Crippen LogP contribution < -0.4 is 15.8 Å². The number of hydrogen-bond donors (Lipinski definition) is 2. The van der Waals surface area contributed by atoms with Crippen molar-refractivity contribution < 1.29 is 17.9 Å². The Labute approximate surface area is 106 Å². The number of ether oxygens (including phenoxy) is 1. The van der Waals surface area contributed by atoms with Gasteiger partial charge in [0.1, 0.15) is 18.1 Å². The third-order valence-electron chi connectivity index (χ3n) is 1.97. The van der Waals surface area contributed by atoms with Crippen LogP contribution in [-0.4, -0.2) is 39.5 Å². The Morgan fingerprint density at radius 1 is 1.33 bits per heavy atom. The lowest BCUT2D eigenvalue weighted by molar-refractivity contribution is -0.118. The van der Waals surface area contributed by atoms with Crippen LogP contribution in [0, 0.1) is 0 Å². The second-order valence-corrected chi connectivity index (χ2v) is 5.98. The van der Waals surface area contributed by atoms with Crippen molar-refractivity contribution >= 4 is 21.4 Å². The fourth-order valence-electron chi connectivity index (χ4n) is 1.21. The number of hydrogen-bond acceptors (Lipinski definition) is 5. The molecule has 0 aliphatic rings. The lowest BCUT2D eigenvalue weighted by atomic mass is 10.3. The van der Waals surface area contributed by atoms with Crippen LogP contribution in [0.2, 0.25) is 0 Å². The molecule has 18 heavy (non-hydrogen) atoms. The third kappa shape index (κ3) is 6.09. The fraction of sp³-hybridized carbons (Fsp3) is 0.364. The Morgan fingerprint density at radius 3 is 2.50 bits per heavy atom. The summed E-state index contributed by atoms with van der Waals surface area (Å²) in [5.41, 5.74) is 6.15. The largest absolute Gasteiger partial charge is 0.492 e. The number of amides is 1. The maximum Gasteiger partial charge on any atom is 0.235 e. The zero-order chi connectivity index (χ0) is 13.6. The number of rotatable bonds is 6. The van der Waals surface area contributed by atoms with E-state index in [2.05, 4.69) is 5.32 Å². The van der Waals surface area contributed by atoms with Gasteiger partial charge in [-0.05, 0) is 24.3 Å². The van der Waals surface area contributed by atoms with Crippen LogP contribution in [0.25, 0.3) is 0 Å². The van der Waals surface area contributed by atoms with Crippen LogP contribution >= 0.6 is 0 Å². The van der Waals surface area contributed by atoms with Gasteiger partial charge in [-0.25, -0.2) is 8.42 Å². The summed E-state index contributed by atoms with van der Waals surface area (Å²) in [6.45, 7) is 0.512. The summed E-state index contributed by atoms with van der Waals surface area (Å²) < 4.78 is 27.0. The zero-order valence-electron chi connectivity index (χ0n) is 10.0. The van der Waals surface area contributed by atoms with E-state index in [-0.39, 0.29) is 13.2 Å². The summed E-state index contributed by atoms with van der Waals surface area (Å²) in [5.74, 6) is -0.394. The highest BCUT2D eigenvalue weighted by Gasteiger charge is 2.09. The summed E-state index contributed by atoms with van der Waals surface area (Å²) in [6.07, 6.45) is 1.01. The maximum atomic E-state index is 11.2. The third-order valence-corrected chi connectivity index (χ3v) is 2.75. The first-order chi connectivity index (χ1) is 8.37. The van der Waals surface area contributed by atoms with Gasteiger partial charge in [0.05, 0.1) is 6.54 Å². The van der Waals surface area contributed by atoms with Crippen LogP contribution in [0.15, 0.2) is 24.3 Å². The second-order valence-electron chi connectivity index (χ2n) is 3.84. The molecule has 0 heterocycles. The van der Waals surface area contributed by atoms with Crippen molar-refractivity contribution in [1.29, 1.82) is 0 Å². The topological polar surface area (TPSA) is 98.5 Å². The molecule has 0 saturated heterocycles. The number of anilines is 1. The first kappa shape index (κ1) is 14.3. The average molecular weight is 272 g/mol. The smallest absolute Gasteiger partial charge is 0.235 e. The molecule has 0 unspecified atom stereocenters. The van der Waals surface area contributed by atoms with E-state index in [4.69, 9.17) is 10.5 Å². The first-order valence-corrected chi connectivity index (χ1v) is 7.35. The molecule has 100 valence electrons. The minimum Gasteiger partial charge on any atom is -0.492 e. The fourth-order valence-corrected chi connectivity index (χ4v) is 1.79. The summed E-state index contributed by atoms with van der Waals surface area (Å²) >= 11 is 0. The molecule has 0 spiro atoms. The highest BCUT2D eigenvalue weighted by molar-refractivity contribution is 7.91. The lowest BCUT2D eigenvalue weighted by Crippen LogP contribution is -2.32. The molecule has 1 aromatic carbocycles. The molecule has 0 aromatic heterocycles. The normalized spacial score (nSPS) is 10.9. The summed E-state index contributed by atoms with van der Waals surface area (Å²) in [4.78, 5) is 11.2. The van der Waals surface area contributed by atoms with Gasteiger partial charge in [-0.2, -0.15) is 0 Å². The molecule has 0 bridgehead atoms.